The Kier molecular flexibility index (Phi) is 2.18. The molecule has 0 spiro atoms. The van der Waals surface area contributed by atoms with E-state index in [2.05, 4.69) is 26.8 Å². The minimum atomic E-state index is -0.0860. The maximum atomic E-state index is 6.14. The molecule has 1 aliphatic carbocycles. The molecule has 1 aliphatic heterocycles. The molecule has 0 radical (unpaired) electrons. The van der Waals surface area contributed by atoms with Crippen molar-refractivity contribution in [2.45, 2.75) is 51.7 Å². The summed E-state index contributed by atoms with van der Waals surface area (Å²) in [4.78, 5) is 0. The van der Waals surface area contributed by atoms with Crippen LogP contribution in [0.1, 0.15) is 40.0 Å². The summed E-state index contributed by atoms with van der Waals surface area (Å²) in [6, 6.07) is 0.156. The van der Waals surface area contributed by atoms with Gasteiger partial charge in [-0.2, -0.15) is 0 Å². The molecule has 0 aromatic heterocycles. The van der Waals surface area contributed by atoms with E-state index in [-0.39, 0.29) is 11.6 Å². The number of nitrogens with two attached hydrogens (primary N) is 1. The standard InChI is InChI=1S/C12H19NO/c1-8-4-5-11-9(6-8)10(13)7-12(2,3)14-11/h6,10H,4-5,7,13H2,1-3H3. The smallest absolute Gasteiger partial charge is 0.105 e. The summed E-state index contributed by atoms with van der Waals surface area (Å²) >= 11 is 0. The Balaban J connectivity index is 2.33. The number of hydrogen-bond acceptors (Lipinski definition) is 2. The van der Waals surface area contributed by atoms with Crippen LogP contribution in [0, 0.1) is 0 Å². The summed E-state index contributed by atoms with van der Waals surface area (Å²) in [7, 11) is 0. The van der Waals surface area contributed by atoms with Gasteiger partial charge < -0.3 is 10.5 Å². The second-order valence-corrected chi connectivity index (χ2v) is 5.04. The predicted molar refractivity (Wildman–Crippen MR) is 57.8 cm³/mol. The Labute approximate surface area is 85.8 Å². The summed E-state index contributed by atoms with van der Waals surface area (Å²) in [5.41, 5.74) is 8.71. The van der Waals surface area contributed by atoms with E-state index in [0.717, 1.165) is 25.0 Å². The highest BCUT2D eigenvalue weighted by Crippen LogP contribution is 2.36. The Morgan fingerprint density at radius 2 is 2.14 bits per heavy atom. The summed E-state index contributed by atoms with van der Waals surface area (Å²) in [5.74, 6) is 1.12. The first-order valence-electron chi connectivity index (χ1n) is 5.33. The Morgan fingerprint density at radius 1 is 1.43 bits per heavy atom. The van der Waals surface area contributed by atoms with Crippen LogP contribution in [0.2, 0.25) is 0 Å². The molecule has 0 saturated carbocycles. The van der Waals surface area contributed by atoms with Crippen LogP contribution in [0.5, 0.6) is 0 Å². The lowest BCUT2D eigenvalue weighted by Gasteiger charge is -2.38. The van der Waals surface area contributed by atoms with Crippen molar-refractivity contribution in [2.24, 2.45) is 5.73 Å². The normalized spacial score (nSPS) is 30.6. The molecule has 0 bridgehead atoms. The first kappa shape index (κ1) is 9.78. The van der Waals surface area contributed by atoms with Gasteiger partial charge >= 0.3 is 0 Å². The van der Waals surface area contributed by atoms with Crippen LogP contribution < -0.4 is 5.73 Å². The lowest BCUT2D eigenvalue weighted by Crippen LogP contribution is -2.41. The molecule has 1 heterocycles. The second-order valence-electron chi connectivity index (χ2n) is 5.04. The van der Waals surface area contributed by atoms with Crippen molar-refractivity contribution in [1.29, 1.82) is 0 Å². The molecule has 0 amide bonds. The van der Waals surface area contributed by atoms with E-state index in [9.17, 15) is 0 Å². The molecule has 2 aliphatic rings. The molecule has 2 N–H and O–H groups in total. The zero-order chi connectivity index (χ0) is 10.3. The molecule has 1 unspecified atom stereocenters. The van der Waals surface area contributed by atoms with Gasteiger partial charge in [0.1, 0.15) is 11.4 Å². The molecule has 1 atom stereocenters. The van der Waals surface area contributed by atoms with Gasteiger partial charge in [0, 0.05) is 24.5 Å². The number of ether oxygens (including phenoxy) is 1. The zero-order valence-electron chi connectivity index (χ0n) is 9.26. The topological polar surface area (TPSA) is 35.2 Å². The number of rotatable bonds is 0. The fourth-order valence-corrected chi connectivity index (χ4v) is 2.31. The first-order valence-corrected chi connectivity index (χ1v) is 5.33. The van der Waals surface area contributed by atoms with Crippen molar-refractivity contribution < 1.29 is 4.74 Å². The fourth-order valence-electron chi connectivity index (χ4n) is 2.31. The Bertz CT molecular complexity index is 312. The van der Waals surface area contributed by atoms with Crippen LogP contribution in [0.15, 0.2) is 23.0 Å². The third-order valence-corrected chi connectivity index (χ3v) is 2.98. The average molecular weight is 193 g/mol. The van der Waals surface area contributed by atoms with Crippen LogP contribution in [0.25, 0.3) is 0 Å². The maximum Gasteiger partial charge on any atom is 0.105 e. The zero-order valence-corrected chi connectivity index (χ0v) is 9.26. The summed E-state index contributed by atoms with van der Waals surface area (Å²) in [6.07, 6.45) is 5.25. The molecule has 14 heavy (non-hydrogen) atoms. The monoisotopic (exact) mass is 193 g/mol. The van der Waals surface area contributed by atoms with Gasteiger partial charge in [0.2, 0.25) is 0 Å². The molecule has 0 aromatic rings. The van der Waals surface area contributed by atoms with E-state index in [0.29, 0.717) is 0 Å². The van der Waals surface area contributed by atoms with Gasteiger partial charge in [-0.1, -0.05) is 11.6 Å². The van der Waals surface area contributed by atoms with Gasteiger partial charge in [0.25, 0.3) is 0 Å². The lowest BCUT2D eigenvalue weighted by atomic mass is 9.85. The number of allylic oxidation sites excluding steroid dienone is 2. The van der Waals surface area contributed by atoms with E-state index >= 15 is 0 Å². The van der Waals surface area contributed by atoms with E-state index in [1.54, 1.807) is 0 Å². The molecule has 2 nitrogen and oxygen atoms in total. The van der Waals surface area contributed by atoms with Gasteiger partial charge in [0.15, 0.2) is 0 Å². The van der Waals surface area contributed by atoms with Crippen LogP contribution in [0.4, 0.5) is 0 Å². The molecular weight excluding hydrogens is 174 g/mol. The molecule has 2 heteroatoms. The van der Waals surface area contributed by atoms with E-state index in [4.69, 9.17) is 10.5 Å². The lowest BCUT2D eigenvalue weighted by molar-refractivity contribution is 0.00324. The van der Waals surface area contributed by atoms with Crippen molar-refractivity contribution in [3.8, 4) is 0 Å². The van der Waals surface area contributed by atoms with Crippen LogP contribution in [-0.4, -0.2) is 11.6 Å². The molecular formula is C12H19NO. The Morgan fingerprint density at radius 3 is 2.86 bits per heavy atom. The van der Waals surface area contributed by atoms with Gasteiger partial charge in [-0.05, 0) is 27.2 Å². The first-order chi connectivity index (χ1) is 6.48. The summed E-state index contributed by atoms with van der Waals surface area (Å²) in [6.45, 7) is 6.39. The third-order valence-electron chi connectivity index (χ3n) is 2.98. The highest BCUT2D eigenvalue weighted by Gasteiger charge is 2.33. The van der Waals surface area contributed by atoms with E-state index in [1.165, 1.54) is 11.1 Å². The van der Waals surface area contributed by atoms with Gasteiger partial charge in [0.05, 0.1) is 0 Å². The third kappa shape index (κ3) is 1.71. The minimum Gasteiger partial charge on any atom is -0.492 e. The van der Waals surface area contributed by atoms with Gasteiger partial charge in [-0.3, -0.25) is 0 Å². The largest absolute Gasteiger partial charge is 0.492 e. The van der Waals surface area contributed by atoms with E-state index < -0.39 is 0 Å². The molecule has 2 rings (SSSR count). The number of hydrogen-bond donors (Lipinski definition) is 1. The quantitative estimate of drug-likeness (QED) is 0.641. The van der Waals surface area contributed by atoms with Crippen molar-refractivity contribution in [1.82, 2.24) is 0 Å². The van der Waals surface area contributed by atoms with Crippen LogP contribution in [-0.2, 0) is 4.74 Å². The fraction of sp³-hybridized carbons (Fsp3) is 0.667. The van der Waals surface area contributed by atoms with Crippen LogP contribution >= 0.6 is 0 Å². The van der Waals surface area contributed by atoms with Crippen molar-refractivity contribution in [3.63, 3.8) is 0 Å². The predicted octanol–water partition coefficient (Wildman–Crippen LogP) is 2.51. The molecule has 78 valence electrons. The highest BCUT2D eigenvalue weighted by atomic mass is 16.5. The molecule has 0 aromatic carbocycles. The van der Waals surface area contributed by atoms with E-state index in [1.807, 2.05) is 0 Å². The molecule has 0 saturated heterocycles. The van der Waals surface area contributed by atoms with Crippen molar-refractivity contribution >= 4 is 0 Å². The Hall–Kier alpha value is -0.760. The van der Waals surface area contributed by atoms with Gasteiger partial charge in [-0.25, -0.2) is 0 Å². The van der Waals surface area contributed by atoms with Crippen molar-refractivity contribution in [2.75, 3.05) is 0 Å². The average Bonchev–Trinajstić information content (AvgIpc) is 2.05. The SMILES string of the molecule is CC1=CC2=C(CC1)OC(C)(C)CC2N. The highest BCUT2D eigenvalue weighted by molar-refractivity contribution is 5.36. The summed E-state index contributed by atoms with van der Waals surface area (Å²) in [5, 5.41) is 0. The van der Waals surface area contributed by atoms with Crippen molar-refractivity contribution in [3.05, 3.63) is 23.0 Å². The van der Waals surface area contributed by atoms with Gasteiger partial charge in [-0.15, -0.1) is 0 Å². The van der Waals surface area contributed by atoms with Crippen LogP contribution in [0.3, 0.4) is 0 Å². The second kappa shape index (κ2) is 3.13. The maximum absolute atomic E-state index is 6.14. The minimum absolute atomic E-state index is 0.0860. The molecule has 0 fully saturated rings. The summed E-state index contributed by atoms with van der Waals surface area (Å²) < 4.78 is 5.95.